The van der Waals surface area contributed by atoms with Crippen molar-refractivity contribution in [2.75, 3.05) is 28.4 Å². The number of aliphatic hydroxyl groups excluding tert-OH is 1. The van der Waals surface area contributed by atoms with Gasteiger partial charge in [-0.05, 0) is 39.7 Å². The van der Waals surface area contributed by atoms with Crippen LogP contribution < -0.4 is 9.47 Å². The highest BCUT2D eigenvalue weighted by Crippen LogP contribution is 2.39. The Labute approximate surface area is 149 Å². The molecule has 130 valence electrons. The molecule has 1 unspecified atom stereocenters. The Hall–Kier alpha value is -1.67. The van der Waals surface area contributed by atoms with E-state index in [0.717, 1.165) is 0 Å². The van der Waals surface area contributed by atoms with E-state index in [9.17, 15) is 5.11 Å². The maximum absolute atomic E-state index is 10.9. The molecule has 6 nitrogen and oxygen atoms in total. The van der Waals surface area contributed by atoms with E-state index in [-0.39, 0.29) is 0 Å². The summed E-state index contributed by atoms with van der Waals surface area (Å²) in [6.07, 6.45) is 1.66. The van der Waals surface area contributed by atoms with Gasteiger partial charge < -0.3 is 24.1 Å². The molecule has 0 saturated carbocycles. The van der Waals surface area contributed by atoms with Crippen LogP contribution in [0, 0.1) is 0 Å². The average molecular weight is 398 g/mol. The zero-order chi connectivity index (χ0) is 17.7. The van der Waals surface area contributed by atoms with Crippen molar-refractivity contribution < 1.29 is 24.1 Å². The summed E-state index contributed by atoms with van der Waals surface area (Å²) in [5.74, 6) is 1.03. The predicted molar refractivity (Wildman–Crippen MR) is 92.3 cm³/mol. The van der Waals surface area contributed by atoms with Crippen molar-refractivity contribution >= 4 is 15.9 Å². The Balaban J connectivity index is 2.63. The van der Waals surface area contributed by atoms with Crippen LogP contribution in [-0.2, 0) is 9.47 Å². The molecule has 0 spiro atoms. The summed E-state index contributed by atoms with van der Waals surface area (Å²) in [7, 11) is 6.15. The molecule has 1 atom stereocenters. The fourth-order valence-electron chi connectivity index (χ4n) is 2.48. The Morgan fingerprint density at radius 2 is 1.54 bits per heavy atom. The van der Waals surface area contributed by atoms with Crippen molar-refractivity contribution in [1.82, 2.24) is 4.98 Å². The predicted octanol–water partition coefficient (Wildman–Crippen LogP) is 3.23. The summed E-state index contributed by atoms with van der Waals surface area (Å²) in [4.78, 5) is 4.02. The quantitative estimate of drug-likeness (QED) is 0.723. The van der Waals surface area contributed by atoms with E-state index in [4.69, 9.17) is 18.9 Å². The molecule has 7 heteroatoms. The van der Waals surface area contributed by atoms with Gasteiger partial charge in [-0.1, -0.05) is 0 Å². The first-order chi connectivity index (χ1) is 11.6. The zero-order valence-electron chi connectivity index (χ0n) is 13.9. The lowest BCUT2D eigenvalue weighted by Crippen LogP contribution is -2.12. The number of ether oxygens (including phenoxy) is 4. The summed E-state index contributed by atoms with van der Waals surface area (Å²) < 4.78 is 22.1. The lowest BCUT2D eigenvalue weighted by Gasteiger charge is -2.23. The molecule has 1 aromatic heterocycles. The van der Waals surface area contributed by atoms with E-state index in [0.29, 0.717) is 32.7 Å². The molecule has 0 amide bonds. The number of benzene rings is 1. The smallest absolute Gasteiger partial charge is 0.183 e. The Bertz CT molecular complexity index is 691. The van der Waals surface area contributed by atoms with Crippen molar-refractivity contribution in [1.29, 1.82) is 0 Å². The molecular weight excluding hydrogens is 378 g/mol. The molecule has 2 rings (SSSR count). The highest BCUT2D eigenvalue weighted by molar-refractivity contribution is 9.10. The second-order valence-corrected chi connectivity index (χ2v) is 5.79. The van der Waals surface area contributed by atoms with Crippen LogP contribution >= 0.6 is 15.9 Å². The van der Waals surface area contributed by atoms with E-state index < -0.39 is 12.4 Å². The first kappa shape index (κ1) is 18.7. The van der Waals surface area contributed by atoms with Gasteiger partial charge in [0.1, 0.15) is 6.10 Å². The van der Waals surface area contributed by atoms with Crippen LogP contribution in [0.1, 0.15) is 29.1 Å². The zero-order valence-corrected chi connectivity index (χ0v) is 15.5. The standard InChI is InChI=1S/C17H20BrNO5/c1-21-14-7-11(16(20)10-5-6-19-9-13(10)18)12(8-15(14)22-2)17(23-3)24-4/h5-9,16-17,20H,1-4H3. The van der Waals surface area contributed by atoms with E-state index in [1.807, 2.05) is 0 Å². The van der Waals surface area contributed by atoms with E-state index in [1.54, 1.807) is 44.8 Å². The lowest BCUT2D eigenvalue weighted by atomic mass is 9.96. The van der Waals surface area contributed by atoms with Crippen LogP contribution in [0.5, 0.6) is 11.5 Å². The van der Waals surface area contributed by atoms with Crippen LogP contribution in [0.4, 0.5) is 0 Å². The Morgan fingerprint density at radius 1 is 0.958 bits per heavy atom. The molecule has 0 bridgehead atoms. The number of hydrogen-bond acceptors (Lipinski definition) is 6. The fraction of sp³-hybridized carbons (Fsp3) is 0.353. The first-order valence-corrected chi connectivity index (χ1v) is 7.95. The number of rotatable bonds is 7. The lowest BCUT2D eigenvalue weighted by molar-refractivity contribution is -0.107. The third-order valence-electron chi connectivity index (χ3n) is 3.66. The van der Waals surface area contributed by atoms with Crippen LogP contribution in [-0.4, -0.2) is 38.5 Å². The van der Waals surface area contributed by atoms with Crippen molar-refractivity contribution in [2.24, 2.45) is 0 Å². The topological polar surface area (TPSA) is 70.0 Å². The average Bonchev–Trinajstić information content (AvgIpc) is 2.62. The number of hydrogen-bond donors (Lipinski definition) is 1. The number of nitrogens with zero attached hydrogens (tertiary/aromatic N) is 1. The molecular formula is C17H20BrNO5. The maximum Gasteiger partial charge on any atom is 0.183 e. The van der Waals surface area contributed by atoms with Gasteiger partial charge in [0.15, 0.2) is 17.8 Å². The fourth-order valence-corrected chi connectivity index (χ4v) is 2.94. The molecule has 0 aliphatic carbocycles. The Kier molecular flexibility index (Phi) is 6.56. The summed E-state index contributed by atoms with van der Waals surface area (Å²) in [5, 5.41) is 10.9. The number of pyridine rings is 1. The van der Waals surface area contributed by atoms with Crippen molar-refractivity contribution in [3.05, 3.63) is 51.8 Å². The molecule has 1 heterocycles. The van der Waals surface area contributed by atoms with Gasteiger partial charge in [0.05, 0.1) is 14.2 Å². The minimum Gasteiger partial charge on any atom is -0.493 e. The summed E-state index contributed by atoms with van der Waals surface area (Å²) in [5.41, 5.74) is 1.91. The van der Waals surface area contributed by atoms with Crippen molar-refractivity contribution in [3.63, 3.8) is 0 Å². The number of aliphatic hydroxyl groups is 1. The van der Waals surface area contributed by atoms with Crippen molar-refractivity contribution in [3.8, 4) is 11.5 Å². The number of aromatic nitrogens is 1. The van der Waals surface area contributed by atoms with Gasteiger partial charge in [-0.2, -0.15) is 0 Å². The van der Waals surface area contributed by atoms with Gasteiger partial charge in [0.25, 0.3) is 0 Å². The van der Waals surface area contributed by atoms with E-state index >= 15 is 0 Å². The summed E-state index contributed by atoms with van der Waals surface area (Å²) in [6.45, 7) is 0. The number of halogens is 1. The molecule has 1 aromatic carbocycles. The SMILES string of the molecule is COc1cc(C(OC)OC)c(C(O)c2ccncc2Br)cc1OC. The van der Waals surface area contributed by atoms with E-state index in [1.165, 1.54) is 14.2 Å². The molecule has 2 aromatic rings. The molecule has 0 fully saturated rings. The maximum atomic E-state index is 10.9. The highest BCUT2D eigenvalue weighted by atomic mass is 79.9. The second-order valence-electron chi connectivity index (χ2n) is 4.94. The minimum atomic E-state index is -0.926. The summed E-state index contributed by atoms with van der Waals surface area (Å²) in [6, 6.07) is 5.20. The minimum absolute atomic E-state index is 0.506. The summed E-state index contributed by atoms with van der Waals surface area (Å²) >= 11 is 3.41. The molecule has 0 aliphatic heterocycles. The van der Waals surface area contributed by atoms with Crippen LogP contribution in [0.2, 0.25) is 0 Å². The van der Waals surface area contributed by atoms with Crippen molar-refractivity contribution in [2.45, 2.75) is 12.4 Å². The molecule has 0 radical (unpaired) electrons. The third-order valence-corrected chi connectivity index (χ3v) is 4.33. The second kappa shape index (κ2) is 8.43. The largest absolute Gasteiger partial charge is 0.493 e. The molecule has 0 aliphatic rings. The van der Waals surface area contributed by atoms with Gasteiger partial charge >= 0.3 is 0 Å². The molecule has 1 N–H and O–H groups in total. The monoisotopic (exact) mass is 397 g/mol. The van der Waals surface area contributed by atoms with Gasteiger partial charge in [-0.15, -0.1) is 0 Å². The van der Waals surface area contributed by atoms with E-state index in [2.05, 4.69) is 20.9 Å². The van der Waals surface area contributed by atoms with Crippen LogP contribution in [0.25, 0.3) is 0 Å². The van der Waals surface area contributed by atoms with Gasteiger partial charge in [0, 0.05) is 42.2 Å². The molecule has 0 saturated heterocycles. The van der Waals surface area contributed by atoms with Crippen LogP contribution in [0.3, 0.4) is 0 Å². The van der Waals surface area contributed by atoms with Gasteiger partial charge in [-0.3, -0.25) is 4.98 Å². The highest BCUT2D eigenvalue weighted by Gasteiger charge is 2.25. The first-order valence-electron chi connectivity index (χ1n) is 7.16. The van der Waals surface area contributed by atoms with Crippen LogP contribution in [0.15, 0.2) is 35.1 Å². The van der Waals surface area contributed by atoms with Gasteiger partial charge in [-0.25, -0.2) is 0 Å². The number of methoxy groups -OCH3 is 4. The Morgan fingerprint density at radius 3 is 2.04 bits per heavy atom. The normalized spacial score (nSPS) is 12.3. The van der Waals surface area contributed by atoms with Gasteiger partial charge in [0.2, 0.25) is 0 Å². The third kappa shape index (κ3) is 3.70. The molecule has 24 heavy (non-hydrogen) atoms.